The van der Waals surface area contributed by atoms with Crippen molar-refractivity contribution in [3.63, 3.8) is 0 Å². The van der Waals surface area contributed by atoms with E-state index in [2.05, 4.69) is 17.1 Å². The third-order valence-electron chi connectivity index (χ3n) is 6.52. The van der Waals surface area contributed by atoms with Gasteiger partial charge in [-0.05, 0) is 55.0 Å². The van der Waals surface area contributed by atoms with E-state index in [1.807, 2.05) is 47.2 Å². The standard InChI is InChI=1S/C27H31N3O4/c1-29(26(31)23-10-6-7-15-28-23)24(18-20-8-4-3-5-9-20)21-13-16-30(17-14-21)27(32)25-12-11-22(34-25)19-33-2/h3-12,15,21,24H,13-14,16-19H2,1-2H3/t24-/m1/s1. The minimum Gasteiger partial charge on any atom is -0.453 e. The summed E-state index contributed by atoms with van der Waals surface area (Å²) in [5, 5.41) is 0. The van der Waals surface area contributed by atoms with Gasteiger partial charge in [0.15, 0.2) is 5.76 Å². The molecule has 4 rings (SSSR count). The van der Waals surface area contributed by atoms with Gasteiger partial charge in [0.2, 0.25) is 0 Å². The Bertz CT molecular complexity index is 1080. The lowest BCUT2D eigenvalue weighted by atomic mass is 9.84. The fraction of sp³-hybridized carbons (Fsp3) is 0.370. The average Bonchev–Trinajstić information content (AvgIpc) is 3.36. The summed E-state index contributed by atoms with van der Waals surface area (Å²) in [4.78, 5) is 34.1. The number of benzene rings is 1. The Morgan fingerprint density at radius 2 is 1.82 bits per heavy atom. The molecule has 0 bridgehead atoms. The van der Waals surface area contributed by atoms with Gasteiger partial charge in [-0.3, -0.25) is 14.6 Å². The molecule has 2 amide bonds. The van der Waals surface area contributed by atoms with Gasteiger partial charge in [-0.1, -0.05) is 36.4 Å². The number of pyridine rings is 1. The molecule has 0 saturated carbocycles. The Morgan fingerprint density at radius 1 is 1.09 bits per heavy atom. The number of nitrogens with zero attached hydrogens (tertiary/aromatic N) is 3. The van der Waals surface area contributed by atoms with Crippen molar-refractivity contribution >= 4 is 11.8 Å². The number of methoxy groups -OCH3 is 1. The smallest absolute Gasteiger partial charge is 0.289 e. The van der Waals surface area contributed by atoms with E-state index in [-0.39, 0.29) is 23.8 Å². The summed E-state index contributed by atoms with van der Waals surface area (Å²) in [7, 11) is 3.46. The number of amides is 2. The van der Waals surface area contributed by atoms with E-state index in [0.29, 0.717) is 36.9 Å². The number of hydrogen-bond acceptors (Lipinski definition) is 5. The summed E-state index contributed by atoms with van der Waals surface area (Å²) >= 11 is 0. The molecule has 7 heteroatoms. The summed E-state index contributed by atoms with van der Waals surface area (Å²) in [5.74, 6) is 1.06. The summed E-state index contributed by atoms with van der Waals surface area (Å²) < 4.78 is 10.7. The molecule has 0 spiro atoms. The molecule has 0 N–H and O–H groups in total. The first-order valence-electron chi connectivity index (χ1n) is 11.7. The van der Waals surface area contributed by atoms with E-state index in [1.165, 1.54) is 5.56 Å². The lowest BCUT2D eigenvalue weighted by molar-refractivity contribution is 0.0502. The number of likely N-dealkylation sites (tertiary alicyclic amines) is 1. The number of carbonyl (C=O) groups excluding carboxylic acids is 2. The fourth-order valence-corrected chi connectivity index (χ4v) is 4.65. The van der Waals surface area contributed by atoms with Crippen molar-refractivity contribution in [2.24, 2.45) is 5.92 Å². The van der Waals surface area contributed by atoms with Crippen molar-refractivity contribution in [2.75, 3.05) is 27.2 Å². The number of carbonyl (C=O) groups is 2. The van der Waals surface area contributed by atoms with Crippen molar-refractivity contribution < 1.29 is 18.7 Å². The lowest BCUT2D eigenvalue weighted by Crippen LogP contribution is -2.48. The molecule has 1 fully saturated rings. The molecule has 7 nitrogen and oxygen atoms in total. The van der Waals surface area contributed by atoms with Gasteiger partial charge in [-0.15, -0.1) is 0 Å². The number of furan rings is 1. The van der Waals surface area contributed by atoms with Gasteiger partial charge < -0.3 is 19.0 Å². The first kappa shape index (κ1) is 23.7. The molecule has 3 aromatic rings. The fourth-order valence-electron chi connectivity index (χ4n) is 4.65. The minimum absolute atomic E-state index is 0.00563. The second-order valence-electron chi connectivity index (χ2n) is 8.72. The maximum Gasteiger partial charge on any atom is 0.289 e. The van der Waals surface area contributed by atoms with E-state index < -0.39 is 0 Å². The number of piperidine rings is 1. The number of hydrogen-bond donors (Lipinski definition) is 0. The van der Waals surface area contributed by atoms with Crippen LogP contribution in [0.5, 0.6) is 0 Å². The van der Waals surface area contributed by atoms with E-state index in [1.54, 1.807) is 31.5 Å². The van der Waals surface area contributed by atoms with E-state index in [4.69, 9.17) is 9.15 Å². The van der Waals surface area contributed by atoms with Crippen molar-refractivity contribution in [1.82, 2.24) is 14.8 Å². The molecule has 0 radical (unpaired) electrons. The summed E-state index contributed by atoms with van der Waals surface area (Å²) in [6, 6.07) is 19.1. The molecule has 2 aromatic heterocycles. The number of rotatable bonds is 8. The van der Waals surface area contributed by atoms with Crippen LogP contribution in [-0.2, 0) is 17.8 Å². The molecule has 3 heterocycles. The van der Waals surface area contributed by atoms with E-state index in [0.717, 1.165) is 19.3 Å². The zero-order valence-corrected chi connectivity index (χ0v) is 19.7. The normalized spacial score (nSPS) is 15.2. The molecule has 1 aliphatic rings. The highest BCUT2D eigenvalue weighted by atomic mass is 16.5. The molecule has 178 valence electrons. The molecule has 1 saturated heterocycles. The largest absolute Gasteiger partial charge is 0.453 e. The maximum absolute atomic E-state index is 13.2. The Hall–Kier alpha value is -3.45. The maximum atomic E-state index is 13.2. The van der Waals surface area contributed by atoms with Crippen LogP contribution >= 0.6 is 0 Å². The highest BCUT2D eigenvalue weighted by Gasteiger charge is 2.34. The van der Waals surface area contributed by atoms with E-state index >= 15 is 0 Å². The Morgan fingerprint density at radius 3 is 2.50 bits per heavy atom. The van der Waals surface area contributed by atoms with Crippen LogP contribution in [0.2, 0.25) is 0 Å². The van der Waals surface area contributed by atoms with Crippen LogP contribution in [0.1, 0.15) is 45.2 Å². The monoisotopic (exact) mass is 461 g/mol. The molecule has 0 aliphatic carbocycles. The summed E-state index contributed by atoms with van der Waals surface area (Å²) in [6.07, 6.45) is 4.03. The third-order valence-corrected chi connectivity index (χ3v) is 6.52. The number of ether oxygens (including phenoxy) is 1. The van der Waals surface area contributed by atoms with Gasteiger partial charge >= 0.3 is 0 Å². The van der Waals surface area contributed by atoms with Crippen LogP contribution in [0.4, 0.5) is 0 Å². The summed E-state index contributed by atoms with van der Waals surface area (Å²) in [5.41, 5.74) is 1.63. The Kier molecular flexibility index (Phi) is 7.75. The van der Waals surface area contributed by atoms with Gasteiger partial charge in [0.1, 0.15) is 18.1 Å². The van der Waals surface area contributed by atoms with Crippen molar-refractivity contribution in [3.8, 4) is 0 Å². The van der Waals surface area contributed by atoms with Crippen LogP contribution in [0.25, 0.3) is 0 Å². The highest BCUT2D eigenvalue weighted by Crippen LogP contribution is 2.28. The molecule has 34 heavy (non-hydrogen) atoms. The highest BCUT2D eigenvalue weighted by molar-refractivity contribution is 5.92. The number of aromatic nitrogens is 1. The van der Waals surface area contributed by atoms with Gasteiger partial charge in [-0.25, -0.2) is 0 Å². The average molecular weight is 462 g/mol. The van der Waals surface area contributed by atoms with Gasteiger partial charge in [-0.2, -0.15) is 0 Å². The van der Waals surface area contributed by atoms with Gasteiger partial charge in [0.05, 0.1) is 0 Å². The first-order valence-corrected chi connectivity index (χ1v) is 11.7. The van der Waals surface area contributed by atoms with Gasteiger partial charge in [0, 0.05) is 39.5 Å². The van der Waals surface area contributed by atoms with Crippen molar-refractivity contribution in [3.05, 3.63) is 89.6 Å². The van der Waals surface area contributed by atoms with E-state index in [9.17, 15) is 9.59 Å². The quantitative estimate of drug-likeness (QED) is 0.506. The molecular weight excluding hydrogens is 430 g/mol. The minimum atomic E-state index is -0.0988. The Balaban J connectivity index is 1.46. The van der Waals surface area contributed by atoms with Crippen LogP contribution in [0.15, 0.2) is 71.3 Å². The third kappa shape index (κ3) is 5.54. The van der Waals surface area contributed by atoms with Crippen LogP contribution in [0.3, 0.4) is 0 Å². The van der Waals surface area contributed by atoms with Crippen LogP contribution in [0, 0.1) is 5.92 Å². The zero-order chi connectivity index (χ0) is 23.9. The zero-order valence-electron chi connectivity index (χ0n) is 19.7. The topological polar surface area (TPSA) is 75.9 Å². The second kappa shape index (κ2) is 11.1. The molecular formula is C27H31N3O4. The predicted octanol–water partition coefficient (Wildman–Crippen LogP) is 4.06. The Labute approximate surface area is 200 Å². The molecule has 0 unspecified atom stereocenters. The summed E-state index contributed by atoms with van der Waals surface area (Å²) in [6.45, 7) is 1.59. The lowest BCUT2D eigenvalue weighted by Gasteiger charge is -2.40. The van der Waals surface area contributed by atoms with Crippen LogP contribution < -0.4 is 0 Å². The number of likely N-dealkylation sites (N-methyl/N-ethyl adjacent to an activating group) is 1. The molecule has 1 atom stereocenters. The molecule has 1 aromatic carbocycles. The van der Waals surface area contributed by atoms with Crippen LogP contribution in [-0.4, -0.2) is 59.9 Å². The first-order chi connectivity index (χ1) is 16.6. The second-order valence-corrected chi connectivity index (χ2v) is 8.72. The van der Waals surface area contributed by atoms with Gasteiger partial charge in [0.25, 0.3) is 11.8 Å². The SMILES string of the molecule is COCc1ccc(C(=O)N2CCC([C@@H](Cc3ccccc3)N(C)C(=O)c3ccccn3)CC2)o1. The van der Waals surface area contributed by atoms with Crippen molar-refractivity contribution in [1.29, 1.82) is 0 Å². The predicted molar refractivity (Wildman–Crippen MR) is 128 cm³/mol. The van der Waals surface area contributed by atoms with Crippen molar-refractivity contribution in [2.45, 2.75) is 31.9 Å². The molecule has 1 aliphatic heterocycles.